The molecule has 0 spiro atoms. The third kappa shape index (κ3) is 3.74. The van der Waals surface area contributed by atoms with Crippen molar-refractivity contribution in [3.63, 3.8) is 0 Å². The highest BCUT2D eigenvalue weighted by atomic mass is 35.5. The molecule has 10 heteroatoms. The first-order valence-corrected chi connectivity index (χ1v) is 11.0. The van der Waals surface area contributed by atoms with Crippen molar-refractivity contribution in [3.05, 3.63) is 35.9 Å². The Labute approximate surface area is 186 Å². The number of halogens is 1. The summed E-state index contributed by atoms with van der Waals surface area (Å²) in [6.07, 6.45) is 7.92. The van der Waals surface area contributed by atoms with Crippen LogP contribution < -0.4 is 0 Å². The van der Waals surface area contributed by atoms with Crippen LogP contribution in [0.4, 0.5) is 0 Å². The predicted molar refractivity (Wildman–Crippen MR) is 117 cm³/mol. The van der Waals surface area contributed by atoms with Crippen molar-refractivity contribution in [3.8, 4) is 11.6 Å². The Hall–Kier alpha value is -1.97. The topological polar surface area (TPSA) is 85.8 Å². The number of thioether (sulfide) groups is 1. The number of piperidine rings is 1. The summed E-state index contributed by atoms with van der Waals surface area (Å²) in [5.41, 5.74) is 2.46. The second-order valence-electron chi connectivity index (χ2n) is 8.15. The van der Waals surface area contributed by atoms with Crippen LogP contribution in [0.15, 0.2) is 28.4 Å². The highest BCUT2D eigenvalue weighted by Gasteiger charge is 2.60. The van der Waals surface area contributed by atoms with Gasteiger partial charge >= 0.3 is 0 Å². The van der Waals surface area contributed by atoms with E-state index in [1.54, 1.807) is 11.8 Å². The van der Waals surface area contributed by atoms with Gasteiger partial charge in [0.25, 0.3) is 0 Å². The normalized spacial score (nSPS) is 22.7. The van der Waals surface area contributed by atoms with Crippen molar-refractivity contribution in [2.24, 2.45) is 13.0 Å². The molecule has 5 rings (SSSR count). The highest BCUT2D eigenvalue weighted by molar-refractivity contribution is 7.99. The maximum atomic E-state index is 5.44. The van der Waals surface area contributed by atoms with Crippen LogP contribution in [0.2, 0.25) is 0 Å². The molecule has 0 radical (unpaired) electrons. The maximum Gasteiger partial charge on any atom is 0.202 e. The van der Waals surface area contributed by atoms with E-state index >= 15 is 0 Å². The summed E-state index contributed by atoms with van der Waals surface area (Å²) in [5, 5.41) is 9.51. The maximum absolute atomic E-state index is 5.44. The molecule has 30 heavy (non-hydrogen) atoms. The zero-order valence-corrected chi connectivity index (χ0v) is 19.0. The lowest BCUT2D eigenvalue weighted by molar-refractivity contribution is 0.299. The van der Waals surface area contributed by atoms with E-state index in [0.29, 0.717) is 11.2 Å². The molecule has 1 aliphatic carbocycles. The van der Waals surface area contributed by atoms with Gasteiger partial charge in [0.15, 0.2) is 17.3 Å². The Morgan fingerprint density at radius 2 is 2.00 bits per heavy atom. The van der Waals surface area contributed by atoms with Crippen LogP contribution in [0.25, 0.3) is 11.6 Å². The van der Waals surface area contributed by atoms with E-state index in [0.717, 1.165) is 53.7 Å². The molecule has 4 heterocycles. The molecule has 0 amide bonds. The molecule has 0 aromatic carbocycles. The number of nitrogens with zero attached hydrogens (tertiary/aromatic N) is 7. The van der Waals surface area contributed by atoms with Crippen LogP contribution in [-0.4, -0.2) is 60.0 Å². The number of likely N-dealkylation sites (tertiary alicyclic amines) is 1. The summed E-state index contributed by atoms with van der Waals surface area (Å²) in [6.45, 7) is 7.29. The van der Waals surface area contributed by atoms with Gasteiger partial charge in [-0.25, -0.2) is 15.0 Å². The van der Waals surface area contributed by atoms with Gasteiger partial charge in [-0.1, -0.05) is 11.8 Å². The molecule has 3 aromatic heterocycles. The number of fused-ring (bicyclic) bond motifs is 1. The fraction of sp³-hybridized carbons (Fsp3) is 0.550. The molecule has 0 N–H and O–H groups in total. The average molecular weight is 448 g/mol. The standard InChI is InChI=1S/C20H25N7OS.ClH/c1-13-17(28-12-23-13)18-24-25-19(26(18)3)29-6-4-5-27-10-15-7-20(15,11-27)16-8-21-14(2)22-9-16;/h8-9,12,15H,4-7,10-11H2,1-3H3;1H. The minimum absolute atomic E-state index is 0. The molecule has 1 saturated carbocycles. The lowest BCUT2D eigenvalue weighted by Crippen LogP contribution is -2.28. The van der Waals surface area contributed by atoms with Crippen molar-refractivity contribution >= 4 is 24.2 Å². The molecule has 1 saturated heterocycles. The molecule has 160 valence electrons. The van der Waals surface area contributed by atoms with Crippen molar-refractivity contribution < 1.29 is 4.42 Å². The second kappa shape index (κ2) is 8.28. The molecule has 2 aliphatic rings. The number of aromatic nitrogens is 6. The number of hydrogen-bond donors (Lipinski definition) is 0. The third-order valence-corrected chi connectivity index (χ3v) is 7.31. The van der Waals surface area contributed by atoms with Crippen LogP contribution in [0.5, 0.6) is 0 Å². The zero-order chi connectivity index (χ0) is 20.0. The Morgan fingerprint density at radius 3 is 2.73 bits per heavy atom. The third-order valence-electron chi connectivity index (χ3n) is 6.21. The Morgan fingerprint density at radius 1 is 1.20 bits per heavy atom. The van der Waals surface area contributed by atoms with Gasteiger partial charge < -0.3 is 13.9 Å². The SMILES string of the molecule is Cc1ncc(C23CC2CN(CCCSc2nnc(-c4ocnc4C)n2C)C3)cn1.Cl. The van der Waals surface area contributed by atoms with Gasteiger partial charge in [-0.05, 0) is 44.7 Å². The summed E-state index contributed by atoms with van der Waals surface area (Å²) in [7, 11) is 1.97. The second-order valence-corrected chi connectivity index (χ2v) is 9.21. The van der Waals surface area contributed by atoms with Crippen LogP contribution >= 0.6 is 24.2 Å². The molecule has 1 aliphatic heterocycles. The predicted octanol–water partition coefficient (Wildman–Crippen LogP) is 3.05. The summed E-state index contributed by atoms with van der Waals surface area (Å²) < 4.78 is 7.43. The minimum Gasteiger partial charge on any atom is -0.440 e. The first-order chi connectivity index (χ1) is 14.1. The van der Waals surface area contributed by atoms with Crippen molar-refractivity contribution in [1.82, 2.24) is 34.6 Å². The molecule has 2 atom stereocenters. The van der Waals surface area contributed by atoms with Gasteiger partial charge in [0.1, 0.15) is 5.82 Å². The van der Waals surface area contributed by atoms with E-state index in [9.17, 15) is 0 Å². The number of hydrogen-bond acceptors (Lipinski definition) is 8. The first-order valence-electron chi connectivity index (χ1n) is 10.0. The lowest BCUT2D eigenvalue weighted by Gasteiger charge is -2.20. The number of oxazole rings is 1. The first kappa shape index (κ1) is 21.3. The minimum atomic E-state index is 0. The van der Waals surface area contributed by atoms with E-state index in [2.05, 4.69) is 30.0 Å². The van der Waals surface area contributed by atoms with Crippen molar-refractivity contribution in [1.29, 1.82) is 0 Å². The molecule has 0 bridgehead atoms. The quantitative estimate of drug-likeness (QED) is 0.403. The van der Waals surface area contributed by atoms with Gasteiger partial charge in [-0.3, -0.25) is 0 Å². The van der Waals surface area contributed by atoms with Gasteiger partial charge in [0.05, 0.1) is 5.69 Å². The van der Waals surface area contributed by atoms with Crippen molar-refractivity contribution in [2.75, 3.05) is 25.4 Å². The van der Waals surface area contributed by atoms with Crippen LogP contribution in [0.1, 0.15) is 29.9 Å². The number of rotatable bonds is 7. The Bertz CT molecular complexity index is 1020. The summed E-state index contributed by atoms with van der Waals surface area (Å²) in [4.78, 5) is 15.5. The van der Waals surface area contributed by atoms with E-state index < -0.39 is 0 Å². The number of aryl methyl sites for hydroxylation is 2. The molecular weight excluding hydrogens is 422 g/mol. The highest BCUT2D eigenvalue weighted by Crippen LogP contribution is 2.58. The molecule has 8 nitrogen and oxygen atoms in total. The van der Waals surface area contributed by atoms with E-state index in [1.807, 2.05) is 37.9 Å². The summed E-state index contributed by atoms with van der Waals surface area (Å²) in [6, 6.07) is 0. The van der Waals surface area contributed by atoms with Crippen LogP contribution in [-0.2, 0) is 12.5 Å². The average Bonchev–Trinajstić information content (AvgIpc) is 3.02. The van der Waals surface area contributed by atoms with E-state index in [-0.39, 0.29) is 12.4 Å². The van der Waals surface area contributed by atoms with Gasteiger partial charge in [0.2, 0.25) is 5.82 Å². The smallest absolute Gasteiger partial charge is 0.202 e. The summed E-state index contributed by atoms with van der Waals surface area (Å²) in [5.74, 6) is 4.05. The molecule has 2 unspecified atom stereocenters. The molecule has 2 fully saturated rings. The molecular formula is C20H26ClN7OS. The van der Waals surface area contributed by atoms with Gasteiger partial charge in [-0.2, -0.15) is 0 Å². The Balaban J connectivity index is 0.00000218. The van der Waals surface area contributed by atoms with Gasteiger partial charge in [0, 0.05) is 43.7 Å². The van der Waals surface area contributed by atoms with Crippen LogP contribution in [0.3, 0.4) is 0 Å². The van der Waals surface area contributed by atoms with E-state index in [4.69, 9.17) is 4.42 Å². The van der Waals surface area contributed by atoms with Crippen molar-refractivity contribution in [2.45, 2.75) is 37.3 Å². The van der Waals surface area contributed by atoms with Crippen LogP contribution in [0, 0.1) is 19.8 Å². The fourth-order valence-corrected chi connectivity index (χ4v) is 5.29. The largest absolute Gasteiger partial charge is 0.440 e. The fourth-order valence-electron chi connectivity index (χ4n) is 4.46. The lowest BCUT2D eigenvalue weighted by atomic mass is 9.98. The molecule has 3 aromatic rings. The zero-order valence-electron chi connectivity index (χ0n) is 17.4. The van der Waals surface area contributed by atoms with E-state index in [1.165, 1.54) is 24.9 Å². The summed E-state index contributed by atoms with van der Waals surface area (Å²) >= 11 is 1.74. The van der Waals surface area contributed by atoms with Gasteiger partial charge in [-0.15, -0.1) is 22.6 Å². The monoisotopic (exact) mass is 447 g/mol. The Kier molecular flexibility index (Phi) is 5.87.